The lowest BCUT2D eigenvalue weighted by molar-refractivity contribution is 0.122. The predicted octanol–water partition coefficient (Wildman–Crippen LogP) is 3.80. The van der Waals surface area contributed by atoms with Crippen LogP contribution in [0.3, 0.4) is 0 Å². The van der Waals surface area contributed by atoms with E-state index >= 15 is 0 Å². The lowest BCUT2D eigenvalue weighted by Crippen LogP contribution is -2.37. The van der Waals surface area contributed by atoms with E-state index in [2.05, 4.69) is 14.4 Å². The maximum Gasteiger partial charge on any atom is 0.166 e. The van der Waals surface area contributed by atoms with Crippen molar-refractivity contribution in [2.45, 2.75) is 32.0 Å². The van der Waals surface area contributed by atoms with Gasteiger partial charge in [-0.15, -0.1) is 0 Å². The van der Waals surface area contributed by atoms with E-state index in [0.717, 1.165) is 72.7 Å². The Bertz CT molecular complexity index is 1380. The zero-order chi connectivity index (χ0) is 25.2. The van der Waals surface area contributed by atoms with Gasteiger partial charge in [0.25, 0.3) is 0 Å². The van der Waals surface area contributed by atoms with Gasteiger partial charge in [-0.3, -0.25) is 4.90 Å². The molecule has 2 aliphatic rings. The van der Waals surface area contributed by atoms with Crippen molar-refractivity contribution < 1.29 is 14.2 Å². The van der Waals surface area contributed by atoms with Crippen molar-refractivity contribution in [1.29, 1.82) is 0 Å². The van der Waals surface area contributed by atoms with Crippen LogP contribution in [0.1, 0.15) is 30.0 Å². The fourth-order valence-electron chi connectivity index (χ4n) is 5.33. The van der Waals surface area contributed by atoms with Crippen LogP contribution >= 0.6 is 0 Å². The van der Waals surface area contributed by atoms with Gasteiger partial charge in [-0.25, -0.2) is 19.3 Å². The summed E-state index contributed by atoms with van der Waals surface area (Å²) in [5.41, 5.74) is 4.07. The third kappa shape index (κ3) is 4.94. The van der Waals surface area contributed by atoms with Gasteiger partial charge >= 0.3 is 0 Å². The predicted molar refractivity (Wildman–Crippen MR) is 140 cm³/mol. The zero-order valence-corrected chi connectivity index (χ0v) is 20.8. The molecule has 2 aromatic carbocycles. The molecule has 6 rings (SSSR count). The van der Waals surface area contributed by atoms with Gasteiger partial charge in [0.15, 0.2) is 22.8 Å². The molecule has 0 unspecified atom stereocenters. The first-order valence-corrected chi connectivity index (χ1v) is 12.9. The molecule has 0 aliphatic carbocycles. The van der Waals surface area contributed by atoms with Crippen LogP contribution in [0.25, 0.3) is 22.6 Å². The second-order valence-electron chi connectivity index (χ2n) is 9.75. The van der Waals surface area contributed by atoms with E-state index in [1.807, 2.05) is 42.7 Å². The molecule has 2 saturated heterocycles. The van der Waals surface area contributed by atoms with Gasteiger partial charge in [0, 0.05) is 49.9 Å². The average Bonchev–Trinajstić information content (AvgIpc) is 3.39. The number of piperidine rings is 1. The SMILES string of the molecule is OCc1cccc(-c2nc(N3CCOCC3)c3ncn(C4CCN(Cc5ccccc5F)CC4)c3n2)c1. The van der Waals surface area contributed by atoms with Gasteiger partial charge < -0.3 is 19.3 Å². The number of aliphatic hydroxyl groups excluding tert-OH is 1. The van der Waals surface area contributed by atoms with E-state index in [0.29, 0.717) is 25.6 Å². The number of halogens is 1. The van der Waals surface area contributed by atoms with Crippen LogP contribution in [0.15, 0.2) is 54.9 Å². The Kier molecular flexibility index (Phi) is 6.82. The fraction of sp³-hybridized carbons (Fsp3) is 0.393. The number of rotatable bonds is 6. The summed E-state index contributed by atoms with van der Waals surface area (Å²) in [7, 11) is 0. The van der Waals surface area contributed by atoms with Crippen LogP contribution in [0.4, 0.5) is 10.2 Å². The van der Waals surface area contributed by atoms with E-state index < -0.39 is 0 Å². The molecule has 8 nitrogen and oxygen atoms in total. The molecule has 0 bridgehead atoms. The molecule has 2 fully saturated rings. The number of benzene rings is 2. The molecule has 37 heavy (non-hydrogen) atoms. The Morgan fingerprint density at radius 3 is 2.57 bits per heavy atom. The summed E-state index contributed by atoms with van der Waals surface area (Å²) in [6.45, 7) is 5.17. The Labute approximate surface area is 215 Å². The van der Waals surface area contributed by atoms with E-state index in [4.69, 9.17) is 19.7 Å². The van der Waals surface area contributed by atoms with Crippen molar-refractivity contribution in [2.75, 3.05) is 44.3 Å². The molecular weight excluding hydrogens is 471 g/mol. The Balaban J connectivity index is 1.31. The number of hydrogen-bond acceptors (Lipinski definition) is 7. The fourth-order valence-corrected chi connectivity index (χ4v) is 5.33. The minimum absolute atomic E-state index is 0.0320. The number of imidazole rings is 1. The zero-order valence-electron chi connectivity index (χ0n) is 20.8. The maximum atomic E-state index is 14.2. The third-order valence-corrected chi connectivity index (χ3v) is 7.38. The minimum atomic E-state index is -0.143. The van der Waals surface area contributed by atoms with Gasteiger partial charge in [0.05, 0.1) is 26.1 Å². The average molecular weight is 503 g/mol. The van der Waals surface area contributed by atoms with Gasteiger partial charge in [-0.1, -0.05) is 36.4 Å². The van der Waals surface area contributed by atoms with Crippen molar-refractivity contribution in [3.05, 3.63) is 71.8 Å². The van der Waals surface area contributed by atoms with Crippen molar-refractivity contribution in [1.82, 2.24) is 24.4 Å². The monoisotopic (exact) mass is 502 g/mol. The highest BCUT2D eigenvalue weighted by atomic mass is 19.1. The van der Waals surface area contributed by atoms with Gasteiger partial charge in [0.2, 0.25) is 0 Å². The van der Waals surface area contributed by atoms with E-state index in [9.17, 15) is 9.50 Å². The molecule has 0 amide bonds. The molecule has 4 heterocycles. The first-order valence-electron chi connectivity index (χ1n) is 12.9. The highest BCUT2D eigenvalue weighted by Gasteiger charge is 2.26. The minimum Gasteiger partial charge on any atom is -0.392 e. The normalized spacial score (nSPS) is 17.5. The van der Waals surface area contributed by atoms with Gasteiger partial charge in [-0.05, 0) is 30.5 Å². The summed E-state index contributed by atoms with van der Waals surface area (Å²) < 4.78 is 21.9. The van der Waals surface area contributed by atoms with Crippen LogP contribution in [-0.4, -0.2) is 68.9 Å². The van der Waals surface area contributed by atoms with Crippen LogP contribution < -0.4 is 4.90 Å². The molecule has 4 aromatic rings. The Hall–Kier alpha value is -3.40. The van der Waals surface area contributed by atoms with Crippen LogP contribution in [0.2, 0.25) is 0 Å². The van der Waals surface area contributed by atoms with E-state index in [1.54, 1.807) is 6.07 Å². The van der Waals surface area contributed by atoms with Crippen LogP contribution in [0.5, 0.6) is 0 Å². The third-order valence-electron chi connectivity index (χ3n) is 7.38. The maximum absolute atomic E-state index is 14.2. The first-order chi connectivity index (χ1) is 18.2. The summed E-state index contributed by atoms with van der Waals surface area (Å²) in [5, 5.41) is 9.65. The molecular formula is C28H31FN6O2. The Morgan fingerprint density at radius 1 is 0.973 bits per heavy atom. The number of hydrogen-bond donors (Lipinski definition) is 1. The molecule has 2 aromatic heterocycles. The summed E-state index contributed by atoms with van der Waals surface area (Å²) in [6, 6.07) is 15.0. The number of aromatic nitrogens is 4. The van der Waals surface area contributed by atoms with Crippen molar-refractivity contribution in [3.63, 3.8) is 0 Å². The molecule has 9 heteroatoms. The smallest absolute Gasteiger partial charge is 0.166 e. The molecule has 0 saturated carbocycles. The van der Waals surface area contributed by atoms with Crippen LogP contribution in [-0.2, 0) is 17.9 Å². The standard InChI is InChI=1S/C28H31FN6O2/c29-24-7-2-1-5-22(24)17-33-10-8-23(9-11-33)35-19-30-25-27(34-12-14-37-15-13-34)31-26(32-28(25)35)21-6-3-4-20(16-21)18-36/h1-7,16,19,23,36H,8-15,17-18H2. The summed E-state index contributed by atoms with van der Waals surface area (Å²) >= 11 is 0. The first kappa shape index (κ1) is 24.0. The number of nitrogens with zero attached hydrogens (tertiary/aromatic N) is 6. The number of fused-ring (bicyclic) bond motifs is 1. The molecule has 192 valence electrons. The quantitative estimate of drug-likeness (QED) is 0.430. The molecule has 0 atom stereocenters. The van der Waals surface area contributed by atoms with E-state index in [1.165, 1.54) is 6.07 Å². The molecule has 0 radical (unpaired) electrons. The Morgan fingerprint density at radius 2 is 1.78 bits per heavy atom. The lowest BCUT2D eigenvalue weighted by Gasteiger charge is -2.33. The number of ether oxygens (including phenoxy) is 1. The topological polar surface area (TPSA) is 79.5 Å². The van der Waals surface area contributed by atoms with E-state index in [-0.39, 0.29) is 18.5 Å². The highest BCUT2D eigenvalue weighted by molar-refractivity contribution is 5.86. The van der Waals surface area contributed by atoms with Crippen molar-refractivity contribution in [3.8, 4) is 11.4 Å². The van der Waals surface area contributed by atoms with Crippen LogP contribution in [0, 0.1) is 5.82 Å². The summed E-state index contributed by atoms with van der Waals surface area (Å²) in [6.07, 6.45) is 3.77. The summed E-state index contributed by atoms with van der Waals surface area (Å²) in [4.78, 5) is 19.3. The second kappa shape index (κ2) is 10.5. The lowest BCUT2D eigenvalue weighted by atomic mass is 10.0. The van der Waals surface area contributed by atoms with Gasteiger partial charge in [0.1, 0.15) is 5.82 Å². The number of anilines is 1. The number of likely N-dealkylation sites (tertiary alicyclic amines) is 1. The summed E-state index contributed by atoms with van der Waals surface area (Å²) in [5.74, 6) is 1.31. The largest absolute Gasteiger partial charge is 0.392 e. The van der Waals surface area contributed by atoms with Crippen molar-refractivity contribution >= 4 is 17.0 Å². The second-order valence-corrected chi connectivity index (χ2v) is 9.75. The molecule has 1 N–H and O–H groups in total. The van der Waals surface area contributed by atoms with Gasteiger partial charge in [-0.2, -0.15) is 0 Å². The highest BCUT2D eigenvalue weighted by Crippen LogP contribution is 2.32. The number of morpholine rings is 1. The van der Waals surface area contributed by atoms with Crippen molar-refractivity contribution in [2.24, 2.45) is 0 Å². The molecule has 0 spiro atoms. The molecule has 2 aliphatic heterocycles. The number of aliphatic hydroxyl groups is 1.